The van der Waals surface area contributed by atoms with Crippen LogP contribution in [-0.2, 0) is 28.1 Å². The molecule has 0 aliphatic rings. The van der Waals surface area contributed by atoms with Gasteiger partial charge in [0.1, 0.15) is 5.60 Å². The van der Waals surface area contributed by atoms with Gasteiger partial charge in [-0.1, -0.05) is 0 Å². The zero-order valence-corrected chi connectivity index (χ0v) is 18.9. The normalized spacial score (nSPS) is 12.2. The first kappa shape index (κ1) is 26.3. The minimum Gasteiger partial charge on any atom is -0.444 e. The van der Waals surface area contributed by atoms with E-state index in [1.165, 1.54) is 0 Å². The van der Waals surface area contributed by atoms with Gasteiger partial charge in [-0.05, 0) is 40.4 Å². The van der Waals surface area contributed by atoms with Gasteiger partial charge in [-0.25, -0.2) is 4.79 Å². The third-order valence-electron chi connectivity index (χ3n) is 2.79. The molecule has 8 nitrogen and oxygen atoms in total. The highest BCUT2D eigenvalue weighted by Gasteiger charge is 2.15. The molecule has 0 atom stereocenters. The molecule has 0 aromatic rings. The number of amides is 1. The molecule has 27 heavy (non-hydrogen) atoms. The molecule has 0 aliphatic carbocycles. The van der Waals surface area contributed by atoms with Crippen LogP contribution in [0.5, 0.6) is 0 Å². The second-order valence-electron chi connectivity index (χ2n) is 7.84. The van der Waals surface area contributed by atoms with Crippen LogP contribution in [0.15, 0.2) is 0 Å². The first-order chi connectivity index (χ1) is 12.6. The van der Waals surface area contributed by atoms with Gasteiger partial charge in [0.2, 0.25) is 0 Å². The van der Waals surface area contributed by atoms with Crippen molar-refractivity contribution in [1.82, 2.24) is 5.32 Å². The Labute approximate surface area is 165 Å². The maximum absolute atomic E-state index is 11.4. The molecule has 1 amide bonds. The summed E-state index contributed by atoms with van der Waals surface area (Å²) < 4.78 is 32.4. The summed E-state index contributed by atoms with van der Waals surface area (Å²) in [6, 6.07) is 0. The van der Waals surface area contributed by atoms with Gasteiger partial charge < -0.3 is 33.4 Å². The molecule has 0 bridgehead atoms. The zero-order chi connectivity index (χ0) is 20.6. The minimum absolute atomic E-state index is 0.404. The maximum atomic E-state index is 11.4. The van der Waals surface area contributed by atoms with Gasteiger partial charge in [-0.15, -0.1) is 0 Å². The average Bonchev–Trinajstić information content (AvgIpc) is 2.51. The van der Waals surface area contributed by atoms with Crippen LogP contribution in [0.2, 0.25) is 19.6 Å². The summed E-state index contributed by atoms with van der Waals surface area (Å²) in [6.45, 7) is 17.1. The molecule has 162 valence electrons. The SMILES string of the molecule is CC(C)(C)OC(=O)NCCOCCOCCOCCOCCO[Si](C)(C)C. The smallest absolute Gasteiger partial charge is 0.407 e. The topological polar surface area (TPSA) is 84.5 Å². The summed E-state index contributed by atoms with van der Waals surface area (Å²) in [5.41, 5.74) is -0.491. The fraction of sp³-hybridized carbons (Fsp3) is 0.944. The van der Waals surface area contributed by atoms with Gasteiger partial charge in [0.15, 0.2) is 8.32 Å². The summed E-state index contributed by atoms with van der Waals surface area (Å²) in [5.74, 6) is 0. The van der Waals surface area contributed by atoms with Crippen molar-refractivity contribution in [2.75, 3.05) is 66.0 Å². The predicted molar refractivity (Wildman–Crippen MR) is 107 cm³/mol. The first-order valence-electron chi connectivity index (χ1n) is 9.52. The fourth-order valence-electron chi connectivity index (χ4n) is 1.71. The van der Waals surface area contributed by atoms with Gasteiger partial charge in [-0.2, -0.15) is 0 Å². The minimum atomic E-state index is -1.44. The summed E-state index contributed by atoms with van der Waals surface area (Å²) in [4.78, 5) is 11.4. The Kier molecular flexibility index (Phi) is 14.8. The second-order valence-corrected chi connectivity index (χ2v) is 12.4. The Morgan fingerprint density at radius 2 is 1.15 bits per heavy atom. The number of carbonyl (C=O) groups is 1. The zero-order valence-electron chi connectivity index (χ0n) is 17.9. The second kappa shape index (κ2) is 15.2. The summed E-state index contributed by atoms with van der Waals surface area (Å²) in [5, 5.41) is 2.63. The van der Waals surface area contributed by atoms with Crippen LogP contribution >= 0.6 is 0 Å². The Hall–Kier alpha value is -0.713. The predicted octanol–water partition coefficient (Wildman–Crippen LogP) is 2.43. The average molecular weight is 410 g/mol. The molecule has 0 saturated heterocycles. The summed E-state index contributed by atoms with van der Waals surface area (Å²) in [6.07, 6.45) is -0.438. The third-order valence-corrected chi connectivity index (χ3v) is 3.86. The van der Waals surface area contributed by atoms with Crippen molar-refractivity contribution in [2.45, 2.75) is 46.0 Å². The highest BCUT2D eigenvalue weighted by atomic mass is 28.4. The van der Waals surface area contributed by atoms with E-state index in [9.17, 15) is 4.79 Å². The Morgan fingerprint density at radius 3 is 1.56 bits per heavy atom. The van der Waals surface area contributed by atoms with Gasteiger partial charge in [0, 0.05) is 6.54 Å². The molecule has 0 aromatic heterocycles. The number of ether oxygens (including phenoxy) is 5. The van der Waals surface area contributed by atoms with Gasteiger partial charge in [0.25, 0.3) is 0 Å². The number of carbonyl (C=O) groups excluding carboxylic acids is 1. The van der Waals surface area contributed by atoms with Crippen molar-refractivity contribution in [3.05, 3.63) is 0 Å². The molecular weight excluding hydrogens is 370 g/mol. The lowest BCUT2D eigenvalue weighted by Crippen LogP contribution is -2.34. The van der Waals surface area contributed by atoms with E-state index >= 15 is 0 Å². The first-order valence-corrected chi connectivity index (χ1v) is 12.9. The van der Waals surface area contributed by atoms with Gasteiger partial charge in [-0.3, -0.25) is 0 Å². The largest absolute Gasteiger partial charge is 0.444 e. The van der Waals surface area contributed by atoms with Crippen LogP contribution in [-0.4, -0.2) is 86.0 Å². The molecule has 0 heterocycles. The monoisotopic (exact) mass is 409 g/mol. The Morgan fingerprint density at radius 1 is 0.741 bits per heavy atom. The van der Waals surface area contributed by atoms with Crippen LogP contribution in [0.4, 0.5) is 4.79 Å². The lowest BCUT2D eigenvalue weighted by molar-refractivity contribution is -0.00481. The summed E-state index contributed by atoms with van der Waals surface area (Å²) >= 11 is 0. The van der Waals surface area contributed by atoms with Gasteiger partial charge in [0.05, 0.1) is 59.5 Å². The number of hydrogen-bond donors (Lipinski definition) is 1. The lowest BCUT2D eigenvalue weighted by atomic mass is 10.2. The van der Waals surface area contributed by atoms with Crippen molar-refractivity contribution in [3.8, 4) is 0 Å². The molecule has 1 N–H and O–H groups in total. The van der Waals surface area contributed by atoms with E-state index in [-0.39, 0.29) is 0 Å². The molecule has 0 spiro atoms. The van der Waals surface area contributed by atoms with E-state index in [1.807, 2.05) is 20.8 Å². The quantitative estimate of drug-likeness (QED) is 0.309. The third kappa shape index (κ3) is 23.2. The number of nitrogens with one attached hydrogen (secondary N) is 1. The van der Waals surface area contributed by atoms with Crippen LogP contribution < -0.4 is 5.32 Å². The van der Waals surface area contributed by atoms with E-state index in [0.29, 0.717) is 66.0 Å². The lowest BCUT2D eigenvalue weighted by Gasteiger charge is -2.19. The van der Waals surface area contributed by atoms with E-state index in [1.54, 1.807) is 0 Å². The van der Waals surface area contributed by atoms with E-state index in [4.69, 9.17) is 28.1 Å². The highest BCUT2D eigenvalue weighted by Crippen LogP contribution is 2.06. The Balaban J connectivity index is 3.18. The number of hydrogen-bond acceptors (Lipinski definition) is 7. The molecule has 0 radical (unpaired) electrons. The van der Waals surface area contributed by atoms with Crippen molar-refractivity contribution in [3.63, 3.8) is 0 Å². The van der Waals surface area contributed by atoms with Crippen molar-refractivity contribution in [2.24, 2.45) is 0 Å². The van der Waals surface area contributed by atoms with Crippen molar-refractivity contribution >= 4 is 14.4 Å². The Bertz CT molecular complexity index is 370. The van der Waals surface area contributed by atoms with E-state index in [2.05, 4.69) is 25.0 Å². The van der Waals surface area contributed by atoms with Crippen LogP contribution in [0.3, 0.4) is 0 Å². The van der Waals surface area contributed by atoms with Crippen molar-refractivity contribution < 1.29 is 32.9 Å². The van der Waals surface area contributed by atoms with Gasteiger partial charge >= 0.3 is 6.09 Å². The van der Waals surface area contributed by atoms with E-state index in [0.717, 1.165) is 0 Å². The number of rotatable bonds is 16. The molecular formula is C18H39NO7Si. The summed E-state index contributed by atoms with van der Waals surface area (Å²) in [7, 11) is -1.44. The molecule has 0 rings (SSSR count). The molecule has 0 saturated carbocycles. The molecule has 0 fully saturated rings. The molecule has 0 aromatic carbocycles. The number of alkyl carbamates (subject to hydrolysis) is 1. The van der Waals surface area contributed by atoms with Crippen LogP contribution in [0.25, 0.3) is 0 Å². The highest BCUT2D eigenvalue weighted by molar-refractivity contribution is 6.69. The fourth-order valence-corrected chi connectivity index (χ4v) is 2.40. The van der Waals surface area contributed by atoms with Crippen molar-refractivity contribution in [1.29, 1.82) is 0 Å². The van der Waals surface area contributed by atoms with Crippen LogP contribution in [0.1, 0.15) is 20.8 Å². The molecule has 0 unspecified atom stereocenters. The standard InChI is InChI=1S/C18H39NO7Si/c1-18(2,3)26-17(20)19-7-8-21-9-10-22-11-12-23-13-14-24-15-16-25-27(4,5)6/h7-16H2,1-6H3,(H,19,20). The van der Waals surface area contributed by atoms with E-state index < -0.39 is 20.0 Å². The van der Waals surface area contributed by atoms with Crippen LogP contribution in [0, 0.1) is 0 Å². The molecule has 0 aliphatic heterocycles. The molecule has 9 heteroatoms. The maximum Gasteiger partial charge on any atom is 0.407 e.